The highest BCUT2D eigenvalue weighted by Gasteiger charge is 1.98. The molecule has 4 heteroatoms. The van der Waals surface area contributed by atoms with Gasteiger partial charge >= 0.3 is 0 Å². The molecule has 0 aromatic rings. The average molecular weight is 147 g/mol. The summed E-state index contributed by atoms with van der Waals surface area (Å²) in [7, 11) is 1.47. The van der Waals surface area contributed by atoms with E-state index >= 15 is 0 Å². The lowest BCUT2D eigenvalue weighted by atomic mass is 10.4. The maximum atomic E-state index is 10.6. The summed E-state index contributed by atoms with van der Waals surface area (Å²) in [5.74, 6) is -0.0593. The number of Topliss-reactive ketones (excluding diaryl/α,β-unsaturated/α-hetero) is 1. The van der Waals surface area contributed by atoms with Crippen LogP contribution in [0.2, 0.25) is 0 Å². The number of methoxy groups -OCH3 is 1. The molecule has 10 heavy (non-hydrogen) atoms. The first-order valence-electron chi connectivity index (χ1n) is 3.09. The van der Waals surface area contributed by atoms with Crippen LogP contribution in [-0.4, -0.2) is 39.3 Å². The Bertz CT molecular complexity index is 95.0. The van der Waals surface area contributed by atoms with Crippen molar-refractivity contribution in [1.29, 1.82) is 0 Å². The van der Waals surface area contributed by atoms with Crippen LogP contribution in [0.4, 0.5) is 0 Å². The fourth-order valence-electron chi connectivity index (χ4n) is 0.472. The van der Waals surface area contributed by atoms with E-state index in [0.29, 0.717) is 13.2 Å². The Hall–Kier alpha value is -0.450. The number of hydrogen-bond acceptors (Lipinski definition) is 4. The summed E-state index contributed by atoms with van der Waals surface area (Å²) in [6, 6.07) is 0. The van der Waals surface area contributed by atoms with Gasteiger partial charge in [-0.05, 0) is 0 Å². The van der Waals surface area contributed by atoms with Crippen molar-refractivity contribution in [2.24, 2.45) is 5.73 Å². The summed E-state index contributed by atoms with van der Waals surface area (Å²) >= 11 is 0. The second-order valence-corrected chi connectivity index (χ2v) is 1.81. The topological polar surface area (TPSA) is 61.5 Å². The summed E-state index contributed by atoms with van der Waals surface area (Å²) in [5, 5.41) is 0. The van der Waals surface area contributed by atoms with Gasteiger partial charge in [-0.3, -0.25) is 4.79 Å². The van der Waals surface area contributed by atoms with E-state index in [9.17, 15) is 4.79 Å². The average Bonchev–Trinajstić information content (AvgIpc) is 1.89. The van der Waals surface area contributed by atoms with E-state index in [1.54, 1.807) is 0 Å². The van der Waals surface area contributed by atoms with Crippen molar-refractivity contribution in [3.05, 3.63) is 0 Å². The molecule has 0 fully saturated rings. The highest BCUT2D eigenvalue weighted by atomic mass is 16.5. The van der Waals surface area contributed by atoms with Crippen molar-refractivity contribution in [2.75, 3.05) is 33.5 Å². The minimum atomic E-state index is -0.0593. The first kappa shape index (κ1) is 9.55. The van der Waals surface area contributed by atoms with Crippen molar-refractivity contribution < 1.29 is 14.3 Å². The molecule has 60 valence electrons. The van der Waals surface area contributed by atoms with Crippen LogP contribution in [0.25, 0.3) is 0 Å². The Morgan fingerprint density at radius 1 is 1.50 bits per heavy atom. The minimum Gasteiger partial charge on any atom is -0.377 e. The number of hydrogen-bond donors (Lipinski definition) is 1. The van der Waals surface area contributed by atoms with Crippen molar-refractivity contribution >= 4 is 5.78 Å². The third kappa shape index (κ3) is 5.68. The lowest BCUT2D eigenvalue weighted by molar-refractivity contribution is -0.127. The van der Waals surface area contributed by atoms with Crippen LogP contribution in [-0.2, 0) is 14.3 Å². The Balaban J connectivity index is 3.05. The predicted octanol–water partition coefficient (Wildman–Crippen LogP) is -0.823. The third-order valence-electron chi connectivity index (χ3n) is 0.831. The summed E-state index contributed by atoms with van der Waals surface area (Å²) in [6.45, 7) is 1.09. The van der Waals surface area contributed by atoms with E-state index in [2.05, 4.69) is 4.74 Å². The molecule has 0 rings (SSSR count). The molecule has 0 heterocycles. The monoisotopic (exact) mass is 147 g/mol. The molecule has 4 nitrogen and oxygen atoms in total. The van der Waals surface area contributed by atoms with Crippen LogP contribution in [0.1, 0.15) is 0 Å². The standard InChI is InChI=1S/C6H13NO3/c1-9-4-6(8)5-10-3-2-7/h2-5,7H2,1H3. The van der Waals surface area contributed by atoms with Gasteiger partial charge in [-0.2, -0.15) is 0 Å². The number of carbonyl (C=O) groups is 1. The molecule has 0 atom stereocenters. The molecule has 0 unspecified atom stereocenters. The fourth-order valence-corrected chi connectivity index (χ4v) is 0.472. The van der Waals surface area contributed by atoms with Crippen LogP contribution in [0, 0.1) is 0 Å². The maximum Gasteiger partial charge on any atom is 0.183 e. The number of carbonyl (C=O) groups excluding carboxylic acids is 1. The van der Waals surface area contributed by atoms with E-state index in [1.165, 1.54) is 7.11 Å². The molecule has 0 aliphatic rings. The van der Waals surface area contributed by atoms with Crippen molar-refractivity contribution in [3.63, 3.8) is 0 Å². The Kier molecular flexibility index (Phi) is 6.37. The van der Waals surface area contributed by atoms with Gasteiger partial charge < -0.3 is 15.2 Å². The molecule has 0 spiro atoms. The quantitative estimate of drug-likeness (QED) is 0.498. The molecule has 0 aromatic heterocycles. The second-order valence-electron chi connectivity index (χ2n) is 1.81. The smallest absolute Gasteiger partial charge is 0.183 e. The van der Waals surface area contributed by atoms with Crippen LogP contribution in [0.15, 0.2) is 0 Å². The van der Waals surface area contributed by atoms with E-state index in [-0.39, 0.29) is 19.0 Å². The van der Waals surface area contributed by atoms with Gasteiger partial charge in [-0.25, -0.2) is 0 Å². The van der Waals surface area contributed by atoms with Gasteiger partial charge in [-0.15, -0.1) is 0 Å². The van der Waals surface area contributed by atoms with E-state index in [4.69, 9.17) is 10.5 Å². The Morgan fingerprint density at radius 2 is 2.20 bits per heavy atom. The van der Waals surface area contributed by atoms with Gasteiger partial charge in [0.15, 0.2) is 5.78 Å². The van der Waals surface area contributed by atoms with Gasteiger partial charge in [0.2, 0.25) is 0 Å². The molecule has 0 radical (unpaired) electrons. The van der Waals surface area contributed by atoms with Crippen LogP contribution in [0.5, 0.6) is 0 Å². The molecular formula is C6H13NO3. The number of nitrogens with two attached hydrogens (primary N) is 1. The van der Waals surface area contributed by atoms with E-state index < -0.39 is 0 Å². The summed E-state index contributed by atoms with van der Waals surface area (Å²) in [6.07, 6.45) is 0. The van der Waals surface area contributed by atoms with Gasteiger partial charge in [0.1, 0.15) is 13.2 Å². The molecule has 2 N–H and O–H groups in total. The highest BCUT2D eigenvalue weighted by molar-refractivity contribution is 5.80. The van der Waals surface area contributed by atoms with Crippen LogP contribution >= 0.6 is 0 Å². The Morgan fingerprint density at radius 3 is 2.70 bits per heavy atom. The summed E-state index contributed by atoms with van der Waals surface area (Å²) < 4.78 is 9.42. The highest BCUT2D eigenvalue weighted by Crippen LogP contribution is 1.77. The molecule has 0 aliphatic carbocycles. The molecule has 0 amide bonds. The van der Waals surface area contributed by atoms with E-state index in [1.807, 2.05) is 0 Å². The van der Waals surface area contributed by atoms with Gasteiger partial charge in [0, 0.05) is 13.7 Å². The summed E-state index contributed by atoms with van der Waals surface area (Å²) in [4.78, 5) is 10.6. The normalized spacial score (nSPS) is 9.80. The van der Waals surface area contributed by atoms with Gasteiger partial charge in [-0.1, -0.05) is 0 Å². The third-order valence-corrected chi connectivity index (χ3v) is 0.831. The molecule has 0 bridgehead atoms. The van der Waals surface area contributed by atoms with Gasteiger partial charge in [0.25, 0.3) is 0 Å². The molecule has 0 saturated heterocycles. The number of rotatable bonds is 6. The second kappa shape index (κ2) is 6.67. The zero-order valence-corrected chi connectivity index (χ0v) is 6.13. The largest absolute Gasteiger partial charge is 0.377 e. The first-order chi connectivity index (χ1) is 4.81. The molecular weight excluding hydrogens is 134 g/mol. The SMILES string of the molecule is COCC(=O)COCCN. The lowest BCUT2D eigenvalue weighted by Gasteiger charge is -1.99. The Labute approximate surface area is 60.3 Å². The summed E-state index contributed by atoms with van der Waals surface area (Å²) in [5.41, 5.74) is 5.12. The number of ketones is 1. The number of ether oxygens (including phenoxy) is 2. The minimum absolute atomic E-state index is 0.0593. The molecule has 0 aliphatic heterocycles. The maximum absolute atomic E-state index is 10.6. The van der Waals surface area contributed by atoms with Gasteiger partial charge in [0.05, 0.1) is 6.61 Å². The first-order valence-corrected chi connectivity index (χ1v) is 3.09. The predicted molar refractivity (Wildman–Crippen MR) is 36.8 cm³/mol. The van der Waals surface area contributed by atoms with Crippen LogP contribution in [0.3, 0.4) is 0 Å². The zero-order valence-electron chi connectivity index (χ0n) is 6.13. The zero-order chi connectivity index (χ0) is 7.82. The van der Waals surface area contributed by atoms with Crippen LogP contribution < -0.4 is 5.73 Å². The van der Waals surface area contributed by atoms with Crippen molar-refractivity contribution in [1.82, 2.24) is 0 Å². The van der Waals surface area contributed by atoms with Crippen molar-refractivity contribution in [2.45, 2.75) is 0 Å². The molecule has 0 aromatic carbocycles. The lowest BCUT2D eigenvalue weighted by Crippen LogP contribution is -2.17. The van der Waals surface area contributed by atoms with E-state index in [0.717, 1.165) is 0 Å². The fraction of sp³-hybridized carbons (Fsp3) is 0.833. The van der Waals surface area contributed by atoms with Crippen molar-refractivity contribution in [3.8, 4) is 0 Å². The molecule has 0 saturated carbocycles.